The average Bonchev–Trinajstić information content (AvgIpc) is 3.06. The third-order valence-electron chi connectivity index (χ3n) is 4.33. The molecule has 3 rings (SSSR count). The molecule has 2 aromatic carbocycles. The number of ether oxygens (including phenoxy) is 1. The van der Waals surface area contributed by atoms with Gasteiger partial charge < -0.3 is 15.4 Å². The number of aromatic nitrogens is 2. The van der Waals surface area contributed by atoms with Crippen LogP contribution in [-0.4, -0.2) is 22.9 Å². The van der Waals surface area contributed by atoms with Crippen LogP contribution in [0.25, 0.3) is 11.3 Å². The Bertz CT molecular complexity index is 1100. The molecule has 0 bridgehead atoms. The maximum atomic E-state index is 14.2. The first kappa shape index (κ1) is 21.4. The average molecular weight is 443 g/mol. The van der Waals surface area contributed by atoms with Gasteiger partial charge in [0.2, 0.25) is 0 Å². The summed E-state index contributed by atoms with van der Waals surface area (Å²) in [5.74, 6) is -4.64. The summed E-state index contributed by atoms with van der Waals surface area (Å²) in [6.45, 7) is 1.14. The molecular formula is C19H15ClF4N4O2. The summed E-state index contributed by atoms with van der Waals surface area (Å²) in [5.41, 5.74) is -0.819. The van der Waals surface area contributed by atoms with Crippen LogP contribution in [0.1, 0.15) is 5.56 Å². The van der Waals surface area contributed by atoms with Crippen molar-refractivity contribution in [3.63, 3.8) is 0 Å². The number of nitrogens with zero attached hydrogens (tertiary/aromatic N) is 2. The van der Waals surface area contributed by atoms with Gasteiger partial charge in [-0.15, -0.1) is 0 Å². The summed E-state index contributed by atoms with van der Waals surface area (Å²) in [4.78, 5) is 12.2. The Balaban J connectivity index is 1.91. The van der Waals surface area contributed by atoms with Crippen molar-refractivity contribution in [2.75, 3.05) is 17.7 Å². The van der Waals surface area contributed by atoms with E-state index in [9.17, 15) is 22.4 Å². The molecule has 2 amide bonds. The molecule has 0 spiro atoms. The van der Waals surface area contributed by atoms with E-state index in [2.05, 4.69) is 10.4 Å². The van der Waals surface area contributed by atoms with Crippen molar-refractivity contribution in [3.05, 3.63) is 58.3 Å². The normalized spacial score (nSPS) is 10.8. The number of anilines is 2. The van der Waals surface area contributed by atoms with Crippen LogP contribution in [0.4, 0.5) is 33.7 Å². The van der Waals surface area contributed by atoms with E-state index in [0.717, 1.165) is 13.1 Å². The molecule has 158 valence electrons. The first-order chi connectivity index (χ1) is 14.1. The highest BCUT2D eigenvalue weighted by molar-refractivity contribution is 6.31. The van der Waals surface area contributed by atoms with Crippen LogP contribution < -0.4 is 15.4 Å². The van der Waals surface area contributed by atoms with E-state index in [0.29, 0.717) is 5.75 Å². The quantitative estimate of drug-likeness (QED) is 0.329. The molecule has 0 atom stereocenters. The Labute approximate surface area is 173 Å². The number of hydrogen-bond donors (Lipinski definition) is 2. The van der Waals surface area contributed by atoms with Crippen molar-refractivity contribution in [2.45, 2.75) is 6.92 Å². The fourth-order valence-corrected chi connectivity index (χ4v) is 2.99. The van der Waals surface area contributed by atoms with E-state index in [4.69, 9.17) is 16.3 Å². The van der Waals surface area contributed by atoms with Gasteiger partial charge in [0.15, 0.2) is 23.3 Å². The molecule has 1 heterocycles. The number of amides is 2. The number of urea groups is 1. The Morgan fingerprint density at radius 1 is 1.13 bits per heavy atom. The summed E-state index contributed by atoms with van der Waals surface area (Å²) in [6, 6.07) is 3.22. The molecule has 0 unspecified atom stereocenters. The number of carbonyl (C=O) groups excluding carboxylic acids is 1. The summed E-state index contributed by atoms with van der Waals surface area (Å²) in [7, 11) is 2.91. The standard InChI is InChI=1S/C19H15ClF4N4O2/c1-8-13(20)15(23)16(24)17(14(8)22)27-19(29)26-9-4-5-12(30-3)10(6-9)18-11(21)7-25-28(18)2/h4-7H,1-3H3,(H2,26,27,29). The first-order valence-corrected chi connectivity index (χ1v) is 8.80. The molecule has 0 saturated carbocycles. The Kier molecular flexibility index (Phi) is 5.88. The minimum atomic E-state index is -1.63. The van der Waals surface area contributed by atoms with Gasteiger partial charge >= 0.3 is 6.03 Å². The minimum Gasteiger partial charge on any atom is -0.496 e. The molecule has 0 aliphatic heterocycles. The van der Waals surface area contributed by atoms with Crippen LogP contribution in [0.15, 0.2) is 24.4 Å². The monoisotopic (exact) mass is 442 g/mol. The van der Waals surface area contributed by atoms with Gasteiger partial charge in [-0.25, -0.2) is 22.4 Å². The summed E-state index contributed by atoms with van der Waals surface area (Å²) in [5, 5.41) is 7.36. The largest absolute Gasteiger partial charge is 0.496 e. The molecule has 2 N–H and O–H groups in total. The number of hydrogen-bond acceptors (Lipinski definition) is 3. The smallest absolute Gasteiger partial charge is 0.323 e. The van der Waals surface area contributed by atoms with Crippen LogP contribution in [0.2, 0.25) is 5.02 Å². The molecule has 0 fully saturated rings. The lowest BCUT2D eigenvalue weighted by atomic mass is 10.1. The second-order valence-corrected chi connectivity index (χ2v) is 6.59. The number of benzene rings is 2. The molecule has 11 heteroatoms. The lowest BCUT2D eigenvalue weighted by Gasteiger charge is -2.14. The topological polar surface area (TPSA) is 68.2 Å². The van der Waals surface area contributed by atoms with Crippen LogP contribution >= 0.6 is 11.6 Å². The second kappa shape index (κ2) is 8.23. The SMILES string of the molecule is COc1ccc(NC(=O)Nc2c(F)c(C)c(Cl)c(F)c2F)cc1-c1c(F)cnn1C. The lowest BCUT2D eigenvalue weighted by molar-refractivity contribution is 0.262. The molecule has 0 saturated heterocycles. The van der Waals surface area contributed by atoms with E-state index in [-0.39, 0.29) is 22.5 Å². The zero-order valence-corrected chi connectivity index (χ0v) is 16.7. The van der Waals surface area contributed by atoms with E-state index in [1.54, 1.807) is 0 Å². The third kappa shape index (κ3) is 3.78. The predicted octanol–water partition coefficient (Wildman–Crippen LogP) is 5.26. The van der Waals surface area contributed by atoms with Crippen molar-refractivity contribution < 1.29 is 27.1 Å². The second-order valence-electron chi connectivity index (χ2n) is 6.21. The summed E-state index contributed by atoms with van der Waals surface area (Å²) < 4.78 is 62.7. The molecular weight excluding hydrogens is 428 g/mol. The molecule has 0 radical (unpaired) electrons. The molecule has 1 aromatic heterocycles. The Morgan fingerprint density at radius 3 is 2.43 bits per heavy atom. The van der Waals surface area contributed by atoms with Crippen molar-refractivity contribution in [1.29, 1.82) is 0 Å². The molecule has 0 aliphatic rings. The number of methoxy groups -OCH3 is 1. The van der Waals surface area contributed by atoms with Crippen LogP contribution in [0, 0.1) is 30.2 Å². The van der Waals surface area contributed by atoms with Crippen LogP contribution in [-0.2, 0) is 7.05 Å². The highest BCUT2D eigenvalue weighted by Gasteiger charge is 2.23. The van der Waals surface area contributed by atoms with Crippen molar-refractivity contribution >= 4 is 29.0 Å². The minimum absolute atomic E-state index is 0.100. The van der Waals surface area contributed by atoms with Crippen molar-refractivity contribution in [1.82, 2.24) is 9.78 Å². The number of halogens is 5. The maximum absolute atomic E-state index is 14.2. The van der Waals surface area contributed by atoms with E-state index in [1.165, 1.54) is 37.0 Å². The zero-order chi connectivity index (χ0) is 22.2. The van der Waals surface area contributed by atoms with Crippen molar-refractivity contribution in [2.24, 2.45) is 7.05 Å². The van der Waals surface area contributed by atoms with Gasteiger partial charge in [0.1, 0.15) is 17.1 Å². The Morgan fingerprint density at radius 2 is 1.83 bits per heavy atom. The number of carbonyl (C=O) groups is 1. The Hall–Kier alpha value is -3.27. The van der Waals surface area contributed by atoms with E-state index < -0.39 is 40.0 Å². The zero-order valence-electron chi connectivity index (χ0n) is 15.9. The van der Waals surface area contributed by atoms with Gasteiger partial charge in [0.25, 0.3) is 0 Å². The van der Waals surface area contributed by atoms with Gasteiger partial charge in [-0.3, -0.25) is 4.68 Å². The van der Waals surface area contributed by atoms with Gasteiger partial charge in [0.05, 0.1) is 18.3 Å². The maximum Gasteiger partial charge on any atom is 0.323 e. The highest BCUT2D eigenvalue weighted by Crippen LogP contribution is 2.34. The van der Waals surface area contributed by atoms with Gasteiger partial charge in [-0.05, 0) is 25.1 Å². The van der Waals surface area contributed by atoms with Gasteiger partial charge in [-0.2, -0.15) is 5.10 Å². The summed E-state index contributed by atoms with van der Waals surface area (Å²) >= 11 is 5.51. The van der Waals surface area contributed by atoms with E-state index >= 15 is 0 Å². The predicted molar refractivity (Wildman–Crippen MR) is 104 cm³/mol. The molecule has 0 aliphatic carbocycles. The van der Waals surface area contributed by atoms with Gasteiger partial charge in [0, 0.05) is 23.9 Å². The van der Waals surface area contributed by atoms with Crippen molar-refractivity contribution in [3.8, 4) is 17.0 Å². The first-order valence-electron chi connectivity index (χ1n) is 8.42. The molecule has 6 nitrogen and oxygen atoms in total. The lowest BCUT2D eigenvalue weighted by Crippen LogP contribution is -2.22. The highest BCUT2D eigenvalue weighted by atomic mass is 35.5. The number of rotatable bonds is 4. The van der Waals surface area contributed by atoms with Crippen LogP contribution in [0.5, 0.6) is 5.75 Å². The number of nitrogens with one attached hydrogen (secondary N) is 2. The number of aryl methyl sites for hydroxylation is 1. The van der Waals surface area contributed by atoms with Crippen LogP contribution in [0.3, 0.4) is 0 Å². The molecule has 30 heavy (non-hydrogen) atoms. The van der Waals surface area contributed by atoms with Gasteiger partial charge in [-0.1, -0.05) is 11.6 Å². The summed E-state index contributed by atoms with van der Waals surface area (Å²) in [6.07, 6.45) is 1.02. The fraction of sp³-hybridized carbons (Fsp3) is 0.158. The van der Waals surface area contributed by atoms with E-state index in [1.807, 2.05) is 5.32 Å². The third-order valence-corrected chi connectivity index (χ3v) is 4.78. The molecule has 3 aromatic rings. The fourth-order valence-electron chi connectivity index (χ4n) is 2.82.